The van der Waals surface area contributed by atoms with Crippen LogP contribution in [0.1, 0.15) is 23.5 Å². The quantitative estimate of drug-likeness (QED) is 0.857. The molecule has 0 bridgehead atoms. The summed E-state index contributed by atoms with van der Waals surface area (Å²) in [5, 5.41) is 13.1. The number of carboxylic acid groups (broad SMARTS) is 1. The van der Waals surface area contributed by atoms with Crippen molar-refractivity contribution in [2.24, 2.45) is 5.92 Å². The minimum Gasteiger partial charge on any atom is -0.481 e. The van der Waals surface area contributed by atoms with Gasteiger partial charge in [-0.25, -0.2) is 4.79 Å². The van der Waals surface area contributed by atoms with Gasteiger partial charge in [-0.15, -0.1) is 5.10 Å². The van der Waals surface area contributed by atoms with E-state index in [1.54, 1.807) is 24.3 Å². The molecule has 23 heavy (non-hydrogen) atoms. The Morgan fingerprint density at radius 3 is 2.70 bits per heavy atom. The first-order chi connectivity index (χ1) is 11.1. The molecule has 2 heterocycles. The molecule has 3 rings (SSSR count). The summed E-state index contributed by atoms with van der Waals surface area (Å²) in [5.74, 6) is -2.02. The van der Waals surface area contributed by atoms with Crippen molar-refractivity contribution in [1.82, 2.24) is 19.7 Å². The average molecular weight is 316 g/mol. The molecule has 1 unspecified atom stereocenters. The van der Waals surface area contributed by atoms with E-state index in [1.165, 1.54) is 4.90 Å². The van der Waals surface area contributed by atoms with Gasteiger partial charge in [0.05, 0.1) is 11.6 Å². The van der Waals surface area contributed by atoms with Gasteiger partial charge in [0.25, 0.3) is 5.91 Å². The zero-order valence-electron chi connectivity index (χ0n) is 12.3. The predicted octanol–water partition coefficient (Wildman–Crippen LogP) is 0.497. The average Bonchev–Trinajstić information content (AvgIpc) is 2.97. The highest BCUT2D eigenvalue weighted by Gasteiger charge is 2.30. The molecule has 1 aliphatic heterocycles. The number of carbonyl (C=O) groups excluding carboxylic acids is 1. The Morgan fingerprint density at radius 1 is 1.26 bits per heavy atom. The van der Waals surface area contributed by atoms with E-state index in [9.17, 15) is 14.4 Å². The highest BCUT2D eigenvalue weighted by Crippen LogP contribution is 2.17. The number of piperidine rings is 1. The molecule has 2 aromatic rings. The second-order valence-corrected chi connectivity index (χ2v) is 5.45. The summed E-state index contributed by atoms with van der Waals surface area (Å²) >= 11 is 0. The Hall–Kier alpha value is -2.90. The van der Waals surface area contributed by atoms with Crippen molar-refractivity contribution in [2.75, 3.05) is 13.1 Å². The lowest BCUT2D eigenvalue weighted by Crippen LogP contribution is -2.42. The number of likely N-dealkylation sites (tertiary alicyclic amines) is 1. The molecule has 120 valence electrons. The van der Waals surface area contributed by atoms with Gasteiger partial charge < -0.3 is 10.0 Å². The maximum absolute atomic E-state index is 12.5. The van der Waals surface area contributed by atoms with Gasteiger partial charge in [0, 0.05) is 13.1 Å². The van der Waals surface area contributed by atoms with Crippen molar-refractivity contribution in [2.45, 2.75) is 12.8 Å². The molecule has 1 fully saturated rings. The van der Waals surface area contributed by atoms with E-state index in [1.807, 2.05) is 6.07 Å². The van der Waals surface area contributed by atoms with Gasteiger partial charge in [-0.05, 0) is 25.0 Å². The van der Waals surface area contributed by atoms with Crippen LogP contribution < -0.4 is 5.69 Å². The zero-order valence-corrected chi connectivity index (χ0v) is 12.3. The first-order valence-electron chi connectivity index (χ1n) is 7.33. The van der Waals surface area contributed by atoms with Gasteiger partial charge in [0.1, 0.15) is 0 Å². The van der Waals surface area contributed by atoms with Crippen LogP contribution >= 0.6 is 0 Å². The smallest absolute Gasteiger partial charge is 0.348 e. The van der Waals surface area contributed by atoms with Crippen LogP contribution in [-0.4, -0.2) is 49.7 Å². The summed E-state index contributed by atoms with van der Waals surface area (Å²) < 4.78 is 1.12. The third-order valence-corrected chi connectivity index (χ3v) is 3.88. The van der Waals surface area contributed by atoms with Gasteiger partial charge in [-0.1, -0.05) is 18.2 Å². The predicted molar refractivity (Wildman–Crippen MR) is 80.4 cm³/mol. The van der Waals surface area contributed by atoms with Gasteiger partial charge in [-0.3, -0.25) is 14.6 Å². The maximum atomic E-state index is 12.5. The van der Waals surface area contributed by atoms with E-state index in [-0.39, 0.29) is 12.4 Å². The van der Waals surface area contributed by atoms with Gasteiger partial charge in [-0.2, -0.15) is 4.68 Å². The summed E-state index contributed by atoms with van der Waals surface area (Å²) in [6, 6.07) is 8.75. The second kappa shape index (κ2) is 6.07. The minimum atomic E-state index is -0.911. The van der Waals surface area contributed by atoms with Crippen molar-refractivity contribution >= 4 is 11.9 Å². The number of aromatic amines is 1. The molecular formula is C15H16N4O4. The molecule has 0 spiro atoms. The zero-order chi connectivity index (χ0) is 16.4. The number of benzene rings is 1. The molecule has 1 amide bonds. The number of hydrogen-bond donors (Lipinski definition) is 2. The molecule has 2 N–H and O–H groups in total. The Bertz CT molecular complexity index is 780. The number of H-pyrrole nitrogens is 1. The van der Waals surface area contributed by atoms with E-state index in [0.29, 0.717) is 25.1 Å². The first kappa shape index (κ1) is 15.0. The molecule has 0 aliphatic carbocycles. The van der Waals surface area contributed by atoms with E-state index < -0.39 is 23.5 Å². The standard InChI is InChI=1S/C15H16N4O4/c20-13(18-8-4-5-10(9-18)14(21)22)12-16-15(23)19(17-12)11-6-2-1-3-7-11/h1-3,6-7,10H,4-5,8-9H2,(H,21,22)(H,16,17,23). The Labute approximate surface area is 131 Å². The van der Waals surface area contributed by atoms with Gasteiger partial charge in [0.15, 0.2) is 0 Å². The topological polar surface area (TPSA) is 108 Å². The number of hydrogen-bond acceptors (Lipinski definition) is 4. The minimum absolute atomic E-state index is 0.0788. The molecular weight excluding hydrogens is 300 g/mol. The number of rotatable bonds is 3. The molecule has 8 nitrogen and oxygen atoms in total. The second-order valence-electron chi connectivity index (χ2n) is 5.45. The van der Waals surface area contributed by atoms with Crippen molar-refractivity contribution in [1.29, 1.82) is 0 Å². The van der Waals surface area contributed by atoms with E-state index in [2.05, 4.69) is 10.1 Å². The van der Waals surface area contributed by atoms with Crippen molar-refractivity contribution in [3.63, 3.8) is 0 Å². The SMILES string of the molecule is O=C(O)C1CCCN(C(=O)c2nn(-c3ccccc3)c(=O)[nH]2)C1. The fourth-order valence-corrected chi connectivity index (χ4v) is 2.68. The molecule has 1 atom stereocenters. The van der Waals surface area contributed by atoms with E-state index in [0.717, 1.165) is 4.68 Å². The third kappa shape index (κ3) is 3.01. The van der Waals surface area contributed by atoms with Crippen LogP contribution in [0.2, 0.25) is 0 Å². The monoisotopic (exact) mass is 316 g/mol. The lowest BCUT2D eigenvalue weighted by atomic mass is 9.98. The highest BCUT2D eigenvalue weighted by atomic mass is 16.4. The molecule has 1 aromatic carbocycles. The Balaban J connectivity index is 1.84. The first-order valence-corrected chi connectivity index (χ1v) is 7.33. The van der Waals surface area contributed by atoms with E-state index in [4.69, 9.17) is 5.11 Å². The largest absolute Gasteiger partial charge is 0.481 e. The van der Waals surface area contributed by atoms with Crippen molar-refractivity contribution < 1.29 is 14.7 Å². The molecule has 8 heteroatoms. The molecule has 1 saturated heterocycles. The molecule has 1 aromatic heterocycles. The van der Waals surface area contributed by atoms with Crippen LogP contribution in [0.4, 0.5) is 0 Å². The van der Waals surface area contributed by atoms with Crippen LogP contribution in [0, 0.1) is 5.92 Å². The number of aliphatic carboxylic acids is 1. The van der Waals surface area contributed by atoms with E-state index >= 15 is 0 Å². The maximum Gasteiger partial charge on any atom is 0.348 e. The number of carbonyl (C=O) groups is 2. The Morgan fingerprint density at radius 2 is 2.00 bits per heavy atom. The number of amides is 1. The fourth-order valence-electron chi connectivity index (χ4n) is 2.68. The summed E-state index contributed by atoms with van der Waals surface area (Å²) in [7, 11) is 0. The molecule has 0 saturated carbocycles. The van der Waals surface area contributed by atoms with Crippen LogP contribution in [-0.2, 0) is 4.79 Å². The van der Waals surface area contributed by atoms with Gasteiger partial charge >= 0.3 is 11.7 Å². The number of carboxylic acids is 1. The highest BCUT2D eigenvalue weighted by molar-refractivity contribution is 5.90. The van der Waals surface area contributed by atoms with Crippen LogP contribution in [0.3, 0.4) is 0 Å². The summed E-state index contributed by atoms with van der Waals surface area (Å²) in [5.41, 5.74) is 0.0428. The van der Waals surface area contributed by atoms with Crippen molar-refractivity contribution in [3.05, 3.63) is 46.6 Å². The number of nitrogens with one attached hydrogen (secondary N) is 1. The van der Waals surface area contributed by atoms with Gasteiger partial charge in [0.2, 0.25) is 5.82 Å². The number of aromatic nitrogens is 3. The third-order valence-electron chi connectivity index (χ3n) is 3.88. The van der Waals surface area contributed by atoms with Crippen LogP contribution in [0.25, 0.3) is 5.69 Å². The van der Waals surface area contributed by atoms with Crippen molar-refractivity contribution in [3.8, 4) is 5.69 Å². The number of nitrogens with zero attached hydrogens (tertiary/aromatic N) is 3. The normalized spacial score (nSPS) is 17.9. The summed E-state index contributed by atoms with van der Waals surface area (Å²) in [4.78, 5) is 39.4. The summed E-state index contributed by atoms with van der Waals surface area (Å²) in [6.07, 6.45) is 1.17. The lowest BCUT2D eigenvalue weighted by molar-refractivity contribution is -0.143. The molecule has 0 radical (unpaired) electrons. The lowest BCUT2D eigenvalue weighted by Gasteiger charge is -2.29. The summed E-state index contributed by atoms with van der Waals surface area (Å²) in [6.45, 7) is 0.594. The van der Waals surface area contributed by atoms with Crippen LogP contribution in [0.15, 0.2) is 35.1 Å². The van der Waals surface area contributed by atoms with Crippen LogP contribution in [0.5, 0.6) is 0 Å². The fraction of sp³-hybridized carbons (Fsp3) is 0.333. The number of para-hydroxylation sites is 1. The Kier molecular flexibility index (Phi) is 3.96. The molecule has 1 aliphatic rings.